The van der Waals surface area contributed by atoms with E-state index in [0.717, 1.165) is 27.2 Å². The third-order valence-electron chi connectivity index (χ3n) is 8.18. The van der Waals surface area contributed by atoms with E-state index in [2.05, 4.69) is 16.0 Å². The highest BCUT2D eigenvalue weighted by atomic mass is 16.6. The maximum atomic E-state index is 13.4. The van der Waals surface area contributed by atoms with E-state index in [9.17, 15) is 39.3 Å². The van der Waals surface area contributed by atoms with Crippen LogP contribution in [0.5, 0.6) is 0 Å². The van der Waals surface area contributed by atoms with Crippen LogP contribution in [0.15, 0.2) is 48.5 Å². The van der Waals surface area contributed by atoms with Gasteiger partial charge in [-0.25, -0.2) is 14.4 Å². The Morgan fingerprint density at radius 2 is 1.56 bits per heavy atom. The third-order valence-corrected chi connectivity index (χ3v) is 8.18. The van der Waals surface area contributed by atoms with E-state index in [1.54, 1.807) is 20.8 Å². The van der Waals surface area contributed by atoms with Crippen LogP contribution in [-0.2, 0) is 23.9 Å². The molecular weight excluding hydrogens is 624 g/mol. The molecule has 48 heavy (non-hydrogen) atoms. The van der Waals surface area contributed by atoms with Crippen LogP contribution in [0, 0.1) is 0 Å². The van der Waals surface area contributed by atoms with Crippen molar-refractivity contribution in [3.05, 3.63) is 59.7 Å². The summed E-state index contributed by atoms with van der Waals surface area (Å²) in [6, 6.07) is 11.8. The van der Waals surface area contributed by atoms with Crippen molar-refractivity contribution in [2.75, 3.05) is 19.7 Å². The fraction of sp³-hybridized carbons (Fsp3) is 0.500. The SMILES string of the molecule is C[C@@H](O)[C@H](NC(=O)[C@H](CCCNC(=O)OCC1c2ccccc2-c2ccccc21)NC(=O)OC(C)(C)C)C(=O)N1C[C@H](O)C[C@H]1C(=O)O. The lowest BCUT2D eigenvalue weighted by Crippen LogP contribution is -2.59. The van der Waals surface area contributed by atoms with E-state index < -0.39 is 65.9 Å². The first-order valence-electron chi connectivity index (χ1n) is 15.9. The number of aliphatic hydroxyl groups excluding tert-OH is 2. The molecule has 2 aromatic carbocycles. The number of carboxylic acids is 1. The number of carbonyl (C=O) groups is 5. The lowest BCUT2D eigenvalue weighted by molar-refractivity contribution is -0.150. The zero-order valence-corrected chi connectivity index (χ0v) is 27.5. The van der Waals surface area contributed by atoms with Gasteiger partial charge >= 0.3 is 18.2 Å². The van der Waals surface area contributed by atoms with Crippen molar-refractivity contribution in [1.82, 2.24) is 20.9 Å². The van der Waals surface area contributed by atoms with Gasteiger partial charge in [0.15, 0.2) is 0 Å². The number of β-amino-alcohol motifs (C(OH)–C–C–N with tert-alkyl or cyclic N) is 1. The summed E-state index contributed by atoms with van der Waals surface area (Å²) in [7, 11) is 0. The standard InChI is InChI=1S/C34H44N4O10/c1-19(39)28(30(42)38-17-20(40)16-27(38)31(43)44)37-29(41)26(36-33(46)48-34(2,3)4)14-9-15-35-32(45)47-18-25-23-12-7-5-10-21(23)22-11-6-8-13-24(22)25/h5-8,10-13,19-20,25-28,39-40H,9,14-18H2,1-4H3,(H,35,45)(H,36,46)(H,37,41)(H,43,44)/t19-,20-,26+,27+,28+/m1/s1. The van der Waals surface area contributed by atoms with Gasteiger partial charge in [-0.15, -0.1) is 0 Å². The van der Waals surface area contributed by atoms with E-state index in [0.29, 0.717) is 0 Å². The first-order valence-corrected chi connectivity index (χ1v) is 15.9. The Kier molecular flexibility index (Phi) is 11.7. The van der Waals surface area contributed by atoms with Gasteiger partial charge < -0.3 is 45.6 Å². The Labute approximate surface area is 278 Å². The highest BCUT2D eigenvalue weighted by Crippen LogP contribution is 2.44. The van der Waals surface area contributed by atoms with Crippen LogP contribution < -0.4 is 16.0 Å². The molecule has 1 saturated heterocycles. The van der Waals surface area contributed by atoms with Crippen LogP contribution in [-0.4, -0.2) is 106 Å². The first kappa shape index (κ1) is 36.2. The quantitative estimate of drug-likeness (QED) is 0.182. The van der Waals surface area contributed by atoms with Crippen molar-refractivity contribution >= 4 is 30.0 Å². The monoisotopic (exact) mass is 668 g/mol. The molecule has 0 saturated carbocycles. The van der Waals surface area contributed by atoms with Crippen LogP contribution in [0.1, 0.15) is 64.0 Å². The van der Waals surface area contributed by atoms with Gasteiger partial charge in [0, 0.05) is 25.4 Å². The van der Waals surface area contributed by atoms with Gasteiger partial charge in [0.1, 0.15) is 30.3 Å². The number of alkyl carbamates (subject to hydrolysis) is 2. The number of rotatable bonds is 12. The Balaban J connectivity index is 1.35. The van der Waals surface area contributed by atoms with Crippen molar-refractivity contribution in [3.8, 4) is 11.1 Å². The number of aliphatic hydroxyl groups is 2. The lowest BCUT2D eigenvalue weighted by atomic mass is 9.98. The largest absolute Gasteiger partial charge is 0.480 e. The molecule has 14 nitrogen and oxygen atoms in total. The molecule has 0 spiro atoms. The molecule has 14 heteroatoms. The molecule has 4 rings (SSSR count). The molecule has 260 valence electrons. The molecule has 6 N–H and O–H groups in total. The summed E-state index contributed by atoms with van der Waals surface area (Å²) in [6.45, 7) is 6.11. The Hall–Kier alpha value is -4.69. The van der Waals surface area contributed by atoms with Crippen molar-refractivity contribution < 1.29 is 48.8 Å². The van der Waals surface area contributed by atoms with Gasteiger partial charge in [-0.3, -0.25) is 9.59 Å². The number of carboxylic acid groups (broad SMARTS) is 1. The second-order valence-electron chi connectivity index (χ2n) is 13.1. The predicted octanol–water partition coefficient (Wildman–Crippen LogP) is 2.11. The number of hydrogen-bond donors (Lipinski definition) is 6. The molecular formula is C34H44N4O10. The molecule has 1 aliphatic carbocycles. The van der Waals surface area contributed by atoms with Crippen LogP contribution >= 0.6 is 0 Å². The number of ether oxygens (including phenoxy) is 2. The molecule has 2 aromatic rings. The average molecular weight is 669 g/mol. The third kappa shape index (κ3) is 9.01. The van der Waals surface area contributed by atoms with E-state index >= 15 is 0 Å². The van der Waals surface area contributed by atoms with Crippen molar-refractivity contribution in [3.63, 3.8) is 0 Å². The van der Waals surface area contributed by atoms with E-state index in [1.165, 1.54) is 6.92 Å². The minimum Gasteiger partial charge on any atom is -0.480 e. The number of aliphatic carboxylic acids is 1. The highest BCUT2D eigenvalue weighted by Gasteiger charge is 2.43. The molecule has 2 aliphatic rings. The van der Waals surface area contributed by atoms with Gasteiger partial charge in [-0.2, -0.15) is 0 Å². The summed E-state index contributed by atoms with van der Waals surface area (Å²) in [4.78, 5) is 64.4. The van der Waals surface area contributed by atoms with E-state index in [4.69, 9.17) is 9.47 Å². The number of carbonyl (C=O) groups excluding carboxylic acids is 4. The van der Waals surface area contributed by atoms with Gasteiger partial charge in [-0.1, -0.05) is 48.5 Å². The second-order valence-corrected chi connectivity index (χ2v) is 13.1. The van der Waals surface area contributed by atoms with Crippen molar-refractivity contribution in [1.29, 1.82) is 0 Å². The summed E-state index contributed by atoms with van der Waals surface area (Å²) >= 11 is 0. The number of fused-ring (bicyclic) bond motifs is 3. The minimum absolute atomic E-state index is 0.00433. The Bertz CT molecular complexity index is 1460. The predicted molar refractivity (Wildman–Crippen MR) is 173 cm³/mol. The van der Waals surface area contributed by atoms with Crippen LogP contribution in [0.4, 0.5) is 9.59 Å². The smallest absolute Gasteiger partial charge is 0.408 e. The minimum atomic E-state index is -1.56. The molecule has 0 bridgehead atoms. The van der Waals surface area contributed by atoms with Crippen molar-refractivity contribution in [2.24, 2.45) is 0 Å². The van der Waals surface area contributed by atoms with Gasteiger partial charge in [0.2, 0.25) is 11.8 Å². The average Bonchev–Trinajstić information content (AvgIpc) is 3.57. The number of benzene rings is 2. The Morgan fingerprint density at radius 3 is 2.12 bits per heavy atom. The second kappa shape index (κ2) is 15.5. The maximum Gasteiger partial charge on any atom is 0.408 e. The number of likely N-dealkylation sites (tertiary alicyclic amines) is 1. The van der Waals surface area contributed by atoms with Gasteiger partial charge in [-0.05, 0) is 62.8 Å². The lowest BCUT2D eigenvalue weighted by Gasteiger charge is -2.30. The summed E-state index contributed by atoms with van der Waals surface area (Å²) in [5, 5.41) is 37.4. The normalized spacial score (nSPS) is 18.9. The van der Waals surface area contributed by atoms with E-state index in [1.807, 2.05) is 48.5 Å². The number of nitrogens with one attached hydrogen (secondary N) is 3. The molecule has 5 atom stereocenters. The molecule has 0 radical (unpaired) electrons. The number of hydrogen-bond acceptors (Lipinski definition) is 9. The molecule has 4 amide bonds. The summed E-state index contributed by atoms with van der Waals surface area (Å²) in [5.41, 5.74) is 3.47. The van der Waals surface area contributed by atoms with Gasteiger partial charge in [0.25, 0.3) is 0 Å². The zero-order valence-electron chi connectivity index (χ0n) is 27.5. The first-order chi connectivity index (χ1) is 22.7. The molecule has 0 aromatic heterocycles. The highest BCUT2D eigenvalue weighted by molar-refractivity contribution is 5.93. The molecule has 0 unspecified atom stereocenters. The summed E-state index contributed by atoms with van der Waals surface area (Å²) in [5.74, 6) is -3.18. The molecule has 1 aliphatic heterocycles. The fourth-order valence-corrected chi connectivity index (χ4v) is 5.98. The maximum absolute atomic E-state index is 13.4. The topological polar surface area (TPSA) is 204 Å². The molecule has 1 heterocycles. The molecule has 1 fully saturated rings. The van der Waals surface area contributed by atoms with Gasteiger partial charge in [0.05, 0.1) is 12.2 Å². The zero-order chi connectivity index (χ0) is 35.2. The van der Waals surface area contributed by atoms with Crippen LogP contribution in [0.3, 0.4) is 0 Å². The van der Waals surface area contributed by atoms with Crippen molar-refractivity contribution in [2.45, 2.75) is 88.8 Å². The summed E-state index contributed by atoms with van der Waals surface area (Å²) < 4.78 is 10.8. The van der Waals surface area contributed by atoms with Crippen LogP contribution in [0.25, 0.3) is 11.1 Å². The van der Waals surface area contributed by atoms with E-state index in [-0.39, 0.29) is 44.9 Å². The fourth-order valence-electron chi connectivity index (χ4n) is 5.98. The Morgan fingerprint density at radius 1 is 0.958 bits per heavy atom. The number of nitrogens with zero attached hydrogens (tertiary/aromatic N) is 1. The van der Waals surface area contributed by atoms with Crippen LogP contribution in [0.2, 0.25) is 0 Å². The summed E-state index contributed by atoms with van der Waals surface area (Å²) in [6.07, 6.45) is -4.07. The number of amides is 4.